The number of amides is 1. The van der Waals surface area contributed by atoms with E-state index in [1.807, 2.05) is 51.4 Å². The van der Waals surface area contributed by atoms with Gasteiger partial charge in [0, 0.05) is 42.2 Å². The molecule has 6 heteroatoms. The first-order chi connectivity index (χ1) is 11.6. The van der Waals surface area contributed by atoms with Gasteiger partial charge in [-0.15, -0.1) is 0 Å². The zero-order valence-electron chi connectivity index (χ0n) is 14.2. The molecule has 24 heavy (non-hydrogen) atoms. The van der Waals surface area contributed by atoms with Crippen molar-refractivity contribution in [2.75, 3.05) is 18.5 Å². The maximum Gasteiger partial charge on any atom is 0.249 e. The number of nitrogens with zero attached hydrogens (tertiary/aromatic N) is 2. The number of anilines is 1. The van der Waals surface area contributed by atoms with E-state index >= 15 is 0 Å². The van der Waals surface area contributed by atoms with Crippen molar-refractivity contribution in [2.24, 2.45) is 7.05 Å². The third kappa shape index (κ3) is 3.42. The standard InChI is InChI=1S/C18H22N4O2/c1-4-24-16-5-6-17-13(8-16)7-14(9-19-17)18(23)21-12(2)15-10-20-22(3)11-15/h5-8,10-12,19H,4,9H2,1-3H3,(H,21,23). The molecule has 6 nitrogen and oxygen atoms in total. The summed E-state index contributed by atoms with van der Waals surface area (Å²) in [5.74, 6) is 0.728. The van der Waals surface area contributed by atoms with Gasteiger partial charge in [0.15, 0.2) is 0 Å². The van der Waals surface area contributed by atoms with Crippen molar-refractivity contribution in [1.82, 2.24) is 15.1 Å². The van der Waals surface area contributed by atoms with Gasteiger partial charge < -0.3 is 15.4 Å². The Morgan fingerprint density at radius 2 is 2.33 bits per heavy atom. The normalized spacial score (nSPS) is 14.2. The van der Waals surface area contributed by atoms with Crippen molar-refractivity contribution in [2.45, 2.75) is 19.9 Å². The summed E-state index contributed by atoms with van der Waals surface area (Å²) in [4.78, 5) is 12.5. The second kappa shape index (κ2) is 6.78. The number of aryl methyl sites for hydroxylation is 1. The Balaban J connectivity index is 1.74. The van der Waals surface area contributed by atoms with Gasteiger partial charge in [-0.3, -0.25) is 9.48 Å². The van der Waals surface area contributed by atoms with Gasteiger partial charge >= 0.3 is 0 Å². The highest BCUT2D eigenvalue weighted by Gasteiger charge is 2.18. The van der Waals surface area contributed by atoms with Crippen molar-refractivity contribution in [1.29, 1.82) is 0 Å². The number of aromatic nitrogens is 2. The molecule has 0 radical (unpaired) electrons. The molecule has 0 bridgehead atoms. The van der Waals surface area contributed by atoms with Crippen LogP contribution in [0.3, 0.4) is 0 Å². The summed E-state index contributed by atoms with van der Waals surface area (Å²) < 4.78 is 7.25. The van der Waals surface area contributed by atoms with Crippen LogP contribution in [0.25, 0.3) is 6.08 Å². The Morgan fingerprint density at radius 3 is 3.04 bits per heavy atom. The van der Waals surface area contributed by atoms with Gasteiger partial charge in [-0.1, -0.05) is 0 Å². The molecule has 126 valence electrons. The molecule has 3 rings (SSSR count). The molecular weight excluding hydrogens is 304 g/mol. The summed E-state index contributed by atoms with van der Waals surface area (Å²) in [6.45, 7) is 5.03. The average molecular weight is 326 g/mol. The van der Waals surface area contributed by atoms with Gasteiger partial charge in [0.05, 0.1) is 18.8 Å². The summed E-state index contributed by atoms with van der Waals surface area (Å²) >= 11 is 0. The number of hydrogen-bond donors (Lipinski definition) is 2. The Hall–Kier alpha value is -2.76. The lowest BCUT2D eigenvalue weighted by Gasteiger charge is -2.20. The van der Waals surface area contributed by atoms with Crippen LogP contribution < -0.4 is 15.4 Å². The maximum absolute atomic E-state index is 12.5. The fraction of sp³-hybridized carbons (Fsp3) is 0.333. The largest absolute Gasteiger partial charge is 0.494 e. The van der Waals surface area contributed by atoms with E-state index in [2.05, 4.69) is 15.7 Å². The van der Waals surface area contributed by atoms with Gasteiger partial charge in [0.25, 0.3) is 0 Å². The molecule has 2 heterocycles. The van der Waals surface area contributed by atoms with E-state index < -0.39 is 0 Å². The molecule has 0 fully saturated rings. The van der Waals surface area contributed by atoms with E-state index in [4.69, 9.17) is 4.74 Å². The number of ether oxygens (including phenoxy) is 1. The summed E-state index contributed by atoms with van der Waals surface area (Å²) in [7, 11) is 1.86. The predicted molar refractivity (Wildman–Crippen MR) is 93.8 cm³/mol. The second-order valence-corrected chi connectivity index (χ2v) is 5.85. The van der Waals surface area contributed by atoms with Crippen LogP contribution in [0.15, 0.2) is 36.2 Å². The first-order valence-electron chi connectivity index (χ1n) is 8.07. The molecule has 1 amide bonds. The predicted octanol–water partition coefficient (Wildman–Crippen LogP) is 2.51. The molecule has 1 aromatic carbocycles. The van der Waals surface area contributed by atoms with Crippen LogP contribution in [0.1, 0.15) is 31.0 Å². The molecule has 1 unspecified atom stereocenters. The third-order valence-electron chi connectivity index (χ3n) is 4.00. The lowest BCUT2D eigenvalue weighted by atomic mass is 10.0. The van der Waals surface area contributed by atoms with Gasteiger partial charge in [-0.25, -0.2) is 0 Å². The maximum atomic E-state index is 12.5. The molecule has 1 aliphatic heterocycles. The first-order valence-corrected chi connectivity index (χ1v) is 8.07. The molecule has 2 aromatic rings. The van der Waals surface area contributed by atoms with E-state index in [0.29, 0.717) is 18.7 Å². The molecule has 1 aliphatic rings. The summed E-state index contributed by atoms with van der Waals surface area (Å²) in [5, 5.41) is 10.4. The molecule has 0 aliphatic carbocycles. The Morgan fingerprint density at radius 1 is 1.50 bits per heavy atom. The van der Waals surface area contributed by atoms with Crippen LogP contribution in [0.2, 0.25) is 0 Å². The van der Waals surface area contributed by atoms with Crippen LogP contribution >= 0.6 is 0 Å². The average Bonchev–Trinajstić information content (AvgIpc) is 3.01. The van der Waals surface area contributed by atoms with Crippen molar-refractivity contribution >= 4 is 17.7 Å². The Kier molecular flexibility index (Phi) is 4.55. The van der Waals surface area contributed by atoms with E-state index in [-0.39, 0.29) is 11.9 Å². The molecule has 0 saturated heterocycles. The minimum absolute atomic E-state index is 0.0775. The van der Waals surface area contributed by atoms with Gasteiger partial charge in [0.1, 0.15) is 5.75 Å². The number of rotatable bonds is 5. The number of fused-ring (bicyclic) bond motifs is 1. The summed E-state index contributed by atoms with van der Waals surface area (Å²) in [6, 6.07) is 5.76. The lowest BCUT2D eigenvalue weighted by Crippen LogP contribution is -2.31. The zero-order valence-corrected chi connectivity index (χ0v) is 14.2. The number of benzene rings is 1. The van der Waals surface area contributed by atoms with Gasteiger partial charge in [0.2, 0.25) is 5.91 Å². The molecule has 0 saturated carbocycles. The number of nitrogens with one attached hydrogen (secondary N) is 2. The van der Waals surface area contributed by atoms with Crippen molar-refractivity contribution in [3.8, 4) is 5.75 Å². The lowest BCUT2D eigenvalue weighted by molar-refractivity contribution is -0.118. The van der Waals surface area contributed by atoms with Crippen LogP contribution in [-0.2, 0) is 11.8 Å². The van der Waals surface area contributed by atoms with Crippen molar-refractivity contribution < 1.29 is 9.53 Å². The fourth-order valence-corrected chi connectivity index (χ4v) is 2.69. The van der Waals surface area contributed by atoms with Crippen LogP contribution in [-0.4, -0.2) is 28.8 Å². The fourth-order valence-electron chi connectivity index (χ4n) is 2.69. The summed E-state index contributed by atoms with van der Waals surface area (Å²) in [6.07, 6.45) is 5.59. The monoisotopic (exact) mass is 326 g/mol. The molecule has 1 aromatic heterocycles. The Labute approximate surface area is 141 Å². The topological polar surface area (TPSA) is 68.2 Å². The highest BCUT2D eigenvalue weighted by molar-refractivity contribution is 6.01. The highest BCUT2D eigenvalue weighted by Crippen LogP contribution is 2.28. The van der Waals surface area contributed by atoms with E-state index in [1.54, 1.807) is 10.9 Å². The van der Waals surface area contributed by atoms with Crippen molar-refractivity contribution in [3.05, 3.63) is 47.3 Å². The van der Waals surface area contributed by atoms with Crippen LogP contribution in [0.5, 0.6) is 5.75 Å². The van der Waals surface area contributed by atoms with Crippen molar-refractivity contribution in [3.63, 3.8) is 0 Å². The quantitative estimate of drug-likeness (QED) is 0.886. The summed E-state index contributed by atoms with van der Waals surface area (Å²) in [5.41, 5.74) is 3.66. The van der Waals surface area contributed by atoms with Crippen LogP contribution in [0.4, 0.5) is 5.69 Å². The van der Waals surface area contributed by atoms with E-state index in [0.717, 1.165) is 22.6 Å². The van der Waals surface area contributed by atoms with Gasteiger partial charge in [-0.05, 0) is 38.1 Å². The number of carbonyl (C=O) groups excluding carboxylic acids is 1. The minimum atomic E-state index is -0.0942. The third-order valence-corrected chi connectivity index (χ3v) is 4.00. The first kappa shape index (κ1) is 16.1. The van der Waals surface area contributed by atoms with Crippen LogP contribution in [0, 0.1) is 0 Å². The number of hydrogen-bond acceptors (Lipinski definition) is 4. The second-order valence-electron chi connectivity index (χ2n) is 5.85. The molecule has 1 atom stereocenters. The minimum Gasteiger partial charge on any atom is -0.494 e. The highest BCUT2D eigenvalue weighted by atomic mass is 16.5. The number of carbonyl (C=O) groups is 1. The molecule has 2 N–H and O–H groups in total. The molecule has 0 spiro atoms. The van der Waals surface area contributed by atoms with E-state index in [9.17, 15) is 4.79 Å². The SMILES string of the molecule is CCOc1ccc2c(c1)C=C(C(=O)NC(C)c1cnn(C)c1)CN2. The molecular formula is C18H22N4O2. The van der Waals surface area contributed by atoms with E-state index in [1.165, 1.54) is 0 Å². The zero-order chi connectivity index (χ0) is 17.1. The smallest absolute Gasteiger partial charge is 0.249 e. The Bertz CT molecular complexity index is 779. The van der Waals surface area contributed by atoms with Gasteiger partial charge in [-0.2, -0.15) is 5.10 Å².